The Bertz CT molecular complexity index is 298. The maximum atomic E-state index is 11.5. The molecule has 0 bridgehead atoms. The van der Waals surface area contributed by atoms with E-state index in [2.05, 4.69) is 21.2 Å². The van der Waals surface area contributed by atoms with Gasteiger partial charge in [-0.15, -0.1) is 11.3 Å². The number of thiophene rings is 1. The number of hydrogen-bond acceptors (Lipinski definition) is 3. The van der Waals surface area contributed by atoms with Crippen LogP contribution in [0.5, 0.6) is 0 Å². The second kappa shape index (κ2) is 6.32. The minimum Gasteiger partial charge on any atom is -0.320 e. The molecule has 1 aromatic rings. The highest BCUT2D eigenvalue weighted by atomic mass is 79.9. The number of nitrogens with one attached hydrogen (secondary N) is 1. The van der Waals surface area contributed by atoms with Crippen LogP contribution in [0, 0.1) is 0 Å². The minimum absolute atomic E-state index is 0.328. The van der Waals surface area contributed by atoms with Crippen LogP contribution in [-0.2, 0) is 11.2 Å². The summed E-state index contributed by atoms with van der Waals surface area (Å²) in [5.74, 6) is 0.328. The minimum atomic E-state index is 0.328. The van der Waals surface area contributed by atoms with Crippen LogP contribution in [0.1, 0.15) is 17.7 Å². The van der Waals surface area contributed by atoms with E-state index < -0.39 is 0 Å². The molecule has 0 fully saturated rings. The highest BCUT2D eigenvalue weighted by molar-refractivity contribution is 9.10. The summed E-state index contributed by atoms with van der Waals surface area (Å²) < 4.78 is 1.07. The van der Waals surface area contributed by atoms with E-state index in [1.54, 1.807) is 11.3 Å². The highest BCUT2D eigenvalue weighted by Gasteiger charge is 2.05. The number of ketones is 1. The van der Waals surface area contributed by atoms with E-state index in [-0.39, 0.29) is 0 Å². The van der Waals surface area contributed by atoms with Crippen molar-refractivity contribution in [3.05, 3.63) is 20.8 Å². The predicted molar refractivity (Wildman–Crippen MR) is 63.9 cm³/mol. The number of carbonyl (C=O) groups excluding carboxylic acids is 1. The van der Waals surface area contributed by atoms with E-state index in [0.717, 1.165) is 22.3 Å². The molecule has 0 aliphatic heterocycles. The molecule has 14 heavy (non-hydrogen) atoms. The van der Waals surface area contributed by atoms with Crippen LogP contribution >= 0.6 is 27.3 Å². The molecule has 1 rings (SSSR count). The zero-order chi connectivity index (χ0) is 10.4. The van der Waals surface area contributed by atoms with Crippen molar-refractivity contribution in [1.82, 2.24) is 5.32 Å². The largest absolute Gasteiger partial charge is 0.320 e. The summed E-state index contributed by atoms with van der Waals surface area (Å²) in [6.45, 7) is 0.917. The third kappa shape index (κ3) is 4.35. The fraction of sp³-hybridized carbons (Fsp3) is 0.500. The van der Waals surface area contributed by atoms with Gasteiger partial charge in [-0.2, -0.15) is 0 Å². The molecule has 0 aliphatic carbocycles. The molecule has 0 aliphatic rings. The smallest absolute Gasteiger partial charge is 0.138 e. The third-order valence-corrected chi connectivity index (χ3v) is 3.57. The number of rotatable bonds is 6. The summed E-state index contributed by atoms with van der Waals surface area (Å²) in [4.78, 5) is 12.6. The third-order valence-electron chi connectivity index (χ3n) is 1.88. The predicted octanol–water partition coefficient (Wildman–Crippen LogP) is 2.62. The van der Waals surface area contributed by atoms with Crippen LogP contribution in [0.2, 0.25) is 0 Å². The van der Waals surface area contributed by atoms with Gasteiger partial charge in [-0.3, -0.25) is 4.79 Å². The molecular formula is C10H14BrNOS. The summed E-state index contributed by atoms with van der Waals surface area (Å²) in [5.41, 5.74) is 0. The first-order valence-electron chi connectivity index (χ1n) is 4.61. The topological polar surface area (TPSA) is 29.1 Å². The molecule has 1 heterocycles. The molecule has 0 spiro atoms. The molecule has 0 unspecified atom stereocenters. The van der Waals surface area contributed by atoms with Gasteiger partial charge in [-0.1, -0.05) is 0 Å². The Kier molecular flexibility index (Phi) is 5.37. The maximum Gasteiger partial charge on any atom is 0.138 e. The van der Waals surface area contributed by atoms with Crippen molar-refractivity contribution in [2.45, 2.75) is 19.3 Å². The Morgan fingerprint density at radius 2 is 2.43 bits per heavy atom. The molecule has 1 aromatic heterocycles. The molecule has 4 heteroatoms. The Morgan fingerprint density at radius 1 is 1.64 bits per heavy atom. The van der Waals surface area contributed by atoms with Crippen LogP contribution < -0.4 is 5.32 Å². The molecule has 0 amide bonds. The van der Waals surface area contributed by atoms with Gasteiger partial charge in [0, 0.05) is 27.6 Å². The van der Waals surface area contributed by atoms with Crippen LogP contribution in [-0.4, -0.2) is 19.4 Å². The fourth-order valence-corrected chi connectivity index (χ4v) is 2.67. The quantitative estimate of drug-likeness (QED) is 0.809. The molecular weight excluding hydrogens is 262 g/mol. The lowest BCUT2D eigenvalue weighted by Gasteiger charge is -1.98. The Balaban J connectivity index is 2.27. The average molecular weight is 276 g/mol. The first-order chi connectivity index (χ1) is 6.72. The lowest BCUT2D eigenvalue weighted by atomic mass is 10.1. The zero-order valence-electron chi connectivity index (χ0n) is 8.18. The van der Waals surface area contributed by atoms with E-state index in [4.69, 9.17) is 0 Å². The lowest BCUT2D eigenvalue weighted by Crippen LogP contribution is -2.10. The van der Waals surface area contributed by atoms with Crippen molar-refractivity contribution in [3.63, 3.8) is 0 Å². The summed E-state index contributed by atoms with van der Waals surface area (Å²) >= 11 is 5.01. The summed E-state index contributed by atoms with van der Waals surface area (Å²) in [7, 11) is 1.90. The van der Waals surface area contributed by atoms with E-state index in [1.165, 1.54) is 0 Å². The molecule has 78 valence electrons. The van der Waals surface area contributed by atoms with Crippen molar-refractivity contribution < 1.29 is 4.79 Å². The van der Waals surface area contributed by atoms with Gasteiger partial charge in [-0.05, 0) is 42.0 Å². The fourth-order valence-electron chi connectivity index (χ4n) is 1.19. The second-order valence-electron chi connectivity index (χ2n) is 3.15. The molecule has 1 N–H and O–H groups in total. The molecule has 0 atom stereocenters. The first kappa shape index (κ1) is 11.9. The van der Waals surface area contributed by atoms with Gasteiger partial charge in [0.2, 0.25) is 0 Å². The van der Waals surface area contributed by atoms with E-state index in [0.29, 0.717) is 18.6 Å². The zero-order valence-corrected chi connectivity index (χ0v) is 10.6. The van der Waals surface area contributed by atoms with Gasteiger partial charge < -0.3 is 5.32 Å². The Morgan fingerprint density at radius 3 is 3.00 bits per heavy atom. The van der Waals surface area contributed by atoms with Gasteiger partial charge in [0.05, 0.1) is 0 Å². The van der Waals surface area contributed by atoms with Crippen molar-refractivity contribution in [2.75, 3.05) is 13.6 Å². The number of halogens is 1. The molecule has 0 radical (unpaired) electrons. The summed E-state index contributed by atoms with van der Waals surface area (Å²) in [5, 5.41) is 5.04. The first-order valence-corrected chi connectivity index (χ1v) is 6.29. The van der Waals surface area contributed by atoms with Crippen molar-refractivity contribution >= 4 is 33.0 Å². The van der Waals surface area contributed by atoms with Gasteiger partial charge in [0.1, 0.15) is 5.78 Å². The number of Topliss-reactive ketones (excluding diaryl/α,β-unsaturated/α-hetero) is 1. The van der Waals surface area contributed by atoms with E-state index >= 15 is 0 Å². The molecule has 0 saturated carbocycles. The second-order valence-corrected chi connectivity index (χ2v) is 5.07. The summed E-state index contributed by atoms with van der Waals surface area (Å²) in [6.07, 6.45) is 2.19. The monoisotopic (exact) mass is 275 g/mol. The Labute approximate surface area is 96.8 Å². The van der Waals surface area contributed by atoms with Crippen LogP contribution in [0.25, 0.3) is 0 Å². The van der Waals surface area contributed by atoms with Gasteiger partial charge >= 0.3 is 0 Å². The SMILES string of the molecule is CNCCCC(=O)Cc1cc(Br)cs1. The van der Waals surface area contributed by atoms with E-state index in [9.17, 15) is 4.79 Å². The lowest BCUT2D eigenvalue weighted by molar-refractivity contribution is -0.118. The van der Waals surface area contributed by atoms with Crippen LogP contribution in [0.15, 0.2) is 15.9 Å². The van der Waals surface area contributed by atoms with Crippen molar-refractivity contribution in [1.29, 1.82) is 0 Å². The van der Waals surface area contributed by atoms with Crippen LogP contribution in [0.3, 0.4) is 0 Å². The molecule has 2 nitrogen and oxygen atoms in total. The normalized spacial score (nSPS) is 10.4. The van der Waals surface area contributed by atoms with Crippen LogP contribution in [0.4, 0.5) is 0 Å². The van der Waals surface area contributed by atoms with Gasteiger partial charge in [0.25, 0.3) is 0 Å². The standard InChI is InChI=1S/C10H14BrNOS/c1-12-4-2-3-9(13)6-10-5-8(11)7-14-10/h5,7,12H,2-4,6H2,1H3. The average Bonchev–Trinajstić information content (AvgIpc) is 2.52. The number of carbonyl (C=O) groups is 1. The molecule has 0 saturated heterocycles. The number of hydrogen-bond donors (Lipinski definition) is 1. The van der Waals surface area contributed by atoms with Gasteiger partial charge in [0.15, 0.2) is 0 Å². The maximum absolute atomic E-state index is 11.5. The highest BCUT2D eigenvalue weighted by Crippen LogP contribution is 2.20. The van der Waals surface area contributed by atoms with E-state index in [1.807, 2.05) is 18.5 Å². The van der Waals surface area contributed by atoms with Gasteiger partial charge in [-0.25, -0.2) is 0 Å². The summed E-state index contributed by atoms with van der Waals surface area (Å²) in [6, 6.07) is 2.01. The van der Waals surface area contributed by atoms with Crippen molar-refractivity contribution in [2.24, 2.45) is 0 Å². The van der Waals surface area contributed by atoms with Crippen molar-refractivity contribution in [3.8, 4) is 0 Å². The Hall–Kier alpha value is -0.190. The molecule has 0 aromatic carbocycles.